The molecule has 40 heavy (non-hydrogen) atoms. The van der Waals surface area contributed by atoms with E-state index in [1.165, 1.54) is 6.07 Å². The number of hydrogen-bond acceptors (Lipinski definition) is 7. The molecule has 0 atom stereocenters. The molecule has 0 saturated carbocycles. The fourth-order valence-electron chi connectivity index (χ4n) is 3.00. The van der Waals surface area contributed by atoms with Gasteiger partial charge in [0.2, 0.25) is 0 Å². The Hall–Kier alpha value is -3.43. The lowest BCUT2D eigenvalue weighted by Crippen LogP contribution is -2.05. The van der Waals surface area contributed by atoms with E-state index in [2.05, 4.69) is 9.97 Å². The number of anilines is 2. The molecule has 12 heteroatoms. The number of aryl methyl sites for hydroxylation is 1. The van der Waals surface area contributed by atoms with E-state index in [0.717, 1.165) is 17.3 Å². The Morgan fingerprint density at radius 3 is 1.60 bits per heavy atom. The normalized spacial score (nSPS) is 9.82. The third-order valence-electron chi connectivity index (χ3n) is 5.01. The number of halogens is 4. The number of pyridine rings is 2. The van der Waals surface area contributed by atoms with Crippen molar-refractivity contribution in [3.05, 3.63) is 103 Å². The van der Waals surface area contributed by atoms with Gasteiger partial charge in [-0.15, -0.1) is 0 Å². The first-order chi connectivity index (χ1) is 18.1. The maximum Gasteiger partial charge on any atom is 0.337 e. The van der Waals surface area contributed by atoms with E-state index in [1.54, 1.807) is 42.6 Å². The molecule has 0 fully saturated rings. The Morgan fingerprint density at radius 1 is 0.775 bits per heavy atom. The summed E-state index contributed by atoms with van der Waals surface area (Å²) < 4.78 is 11.1. The van der Waals surface area contributed by atoms with Crippen LogP contribution in [-0.4, -0.2) is 21.0 Å². The van der Waals surface area contributed by atoms with Gasteiger partial charge in [0.05, 0.1) is 5.56 Å². The Bertz CT molecular complexity index is 1410. The number of nitrogens with zero attached hydrogens (tertiary/aromatic N) is 2. The van der Waals surface area contributed by atoms with Gasteiger partial charge in [0.1, 0.15) is 13.2 Å². The van der Waals surface area contributed by atoms with Gasteiger partial charge >= 0.3 is 5.97 Å². The molecule has 0 saturated heterocycles. The fourth-order valence-corrected chi connectivity index (χ4v) is 4.01. The fraction of sp³-hybridized carbons (Fsp3) is 0.179. The number of ether oxygens (including phenoxy) is 2. The maximum absolute atomic E-state index is 10.9. The van der Waals surface area contributed by atoms with Gasteiger partial charge in [-0.05, 0) is 42.8 Å². The maximum atomic E-state index is 10.9. The zero-order valence-electron chi connectivity index (χ0n) is 19.9. The minimum atomic E-state index is -1.11. The summed E-state index contributed by atoms with van der Waals surface area (Å²) in [6.07, 6.45) is 2.84. The third kappa shape index (κ3) is 9.34. The molecule has 0 unspecified atom stereocenters. The first-order valence-corrected chi connectivity index (χ1v) is 12.4. The molecule has 2 aromatic carbocycles. The zero-order valence-corrected chi connectivity index (χ0v) is 22.9. The van der Waals surface area contributed by atoms with Crippen molar-refractivity contribution in [1.29, 1.82) is 0 Å². The number of carboxylic acid groups (broad SMARTS) is 1. The number of hydrogen-bond donors (Lipinski definition) is 3. The van der Waals surface area contributed by atoms with Crippen molar-refractivity contribution in [3.8, 4) is 11.5 Å². The third-order valence-corrected chi connectivity index (χ3v) is 6.43. The van der Waals surface area contributed by atoms with Crippen LogP contribution >= 0.6 is 46.4 Å². The Kier molecular flexibility index (Phi) is 13.8. The number of rotatable bonds is 7. The Morgan fingerprint density at radius 2 is 1.18 bits per heavy atom. The summed E-state index contributed by atoms with van der Waals surface area (Å²) in [5.41, 5.74) is 13.7. The lowest BCUT2D eigenvalue weighted by molar-refractivity contribution is 0.0696. The molecule has 4 rings (SSSR count). The predicted molar refractivity (Wildman–Crippen MR) is 164 cm³/mol. The largest absolute Gasteiger partial charge is 0.485 e. The molecule has 0 aliphatic heterocycles. The summed E-state index contributed by atoms with van der Waals surface area (Å²) >= 11 is 24.1. The first kappa shape index (κ1) is 34.6. The van der Waals surface area contributed by atoms with Crippen molar-refractivity contribution in [1.82, 2.24) is 9.97 Å². The number of carboxylic acids is 1. The average molecular weight is 628 g/mol. The monoisotopic (exact) mass is 626 g/mol. The molecule has 0 aliphatic rings. The van der Waals surface area contributed by atoms with E-state index in [1.807, 2.05) is 13.0 Å². The van der Waals surface area contributed by atoms with Crippen molar-refractivity contribution in [3.63, 3.8) is 0 Å². The molecule has 8 nitrogen and oxygen atoms in total. The van der Waals surface area contributed by atoms with Crippen LogP contribution in [0.25, 0.3) is 0 Å². The number of nitrogens with two attached hydrogens (primary N) is 2. The molecule has 0 radical (unpaired) electrons. The second kappa shape index (κ2) is 16.0. The molecule has 2 aromatic heterocycles. The van der Waals surface area contributed by atoms with Crippen LogP contribution in [0.5, 0.6) is 11.5 Å². The van der Waals surface area contributed by atoms with Crippen LogP contribution in [0.2, 0.25) is 20.1 Å². The molecule has 2 heterocycles. The number of nitrogen functional groups attached to an aromatic ring is 2. The number of benzene rings is 2. The van der Waals surface area contributed by atoms with Gasteiger partial charge in [-0.3, -0.25) is 0 Å². The van der Waals surface area contributed by atoms with Crippen LogP contribution < -0.4 is 20.9 Å². The van der Waals surface area contributed by atoms with Crippen LogP contribution in [0.3, 0.4) is 0 Å². The summed E-state index contributed by atoms with van der Waals surface area (Å²) in [4.78, 5) is 18.7. The minimum absolute atomic E-state index is 0. The van der Waals surface area contributed by atoms with Crippen molar-refractivity contribution in [2.45, 2.75) is 35.0 Å². The molecular formula is C28H30Cl4N4O4. The molecule has 0 spiro atoms. The number of carbonyl (C=O) groups is 1. The standard InChI is InChI=1S/C13H10Cl2N2O3.C13H12Cl2N2O.2CH4/c14-9-2-1-3-10(15)8(9)6-20-11-4-7(13(18)19)5-17-12(11)16;1-8-5-12(13(16)17-6-8)18-7-9-10(14)3-2-4-11(9)15;;/h1-5H,6H2,(H2,16,17)(H,18,19);2-6H,7H2,1H3,(H2,16,17);2*1H4. The lowest BCUT2D eigenvalue weighted by atomic mass is 10.2. The quantitative estimate of drug-likeness (QED) is 0.186. The van der Waals surface area contributed by atoms with E-state index in [-0.39, 0.29) is 45.2 Å². The van der Waals surface area contributed by atoms with Gasteiger partial charge in [-0.1, -0.05) is 73.4 Å². The van der Waals surface area contributed by atoms with E-state index in [0.29, 0.717) is 37.2 Å². The molecule has 0 bridgehead atoms. The smallest absolute Gasteiger partial charge is 0.337 e. The molecule has 4 aromatic rings. The summed E-state index contributed by atoms with van der Waals surface area (Å²) in [5, 5.41) is 11.0. The van der Waals surface area contributed by atoms with Gasteiger partial charge in [0.15, 0.2) is 23.1 Å². The van der Waals surface area contributed by atoms with Crippen LogP contribution in [0.4, 0.5) is 11.6 Å². The highest BCUT2D eigenvalue weighted by atomic mass is 35.5. The van der Waals surface area contributed by atoms with Crippen molar-refractivity contribution >= 4 is 64.0 Å². The average Bonchev–Trinajstić information content (AvgIpc) is 2.86. The predicted octanol–water partition coefficient (Wildman–Crippen LogP) is 8.38. The summed E-state index contributed by atoms with van der Waals surface area (Å²) in [5.74, 6) is 0.0342. The van der Waals surface area contributed by atoms with Crippen LogP contribution in [0.1, 0.15) is 41.9 Å². The SMILES string of the molecule is C.C.Cc1cnc(N)c(OCc2c(Cl)cccc2Cl)c1.Nc1ncc(C(=O)O)cc1OCc1c(Cl)cccc1Cl. The van der Waals surface area contributed by atoms with E-state index in [9.17, 15) is 4.79 Å². The van der Waals surface area contributed by atoms with Gasteiger partial charge in [0, 0.05) is 49.7 Å². The van der Waals surface area contributed by atoms with E-state index >= 15 is 0 Å². The van der Waals surface area contributed by atoms with Gasteiger partial charge < -0.3 is 26.0 Å². The highest BCUT2D eigenvalue weighted by Gasteiger charge is 2.12. The Labute approximate surface area is 253 Å². The number of aromatic carboxylic acids is 1. The zero-order chi connectivity index (χ0) is 27.8. The second-order valence-electron chi connectivity index (χ2n) is 7.79. The lowest BCUT2D eigenvalue weighted by Gasteiger charge is -2.11. The molecule has 214 valence electrons. The van der Waals surface area contributed by atoms with Crippen LogP contribution in [0.15, 0.2) is 60.9 Å². The molecule has 0 aliphatic carbocycles. The Balaban J connectivity index is 0.000000383. The summed E-state index contributed by atoms with van der Waals surface area (Å²) in [7, 11) is 0. The van der Waals surface area contributed by atoms with Crippen LogP contribution in [0, 0.1) is 6.92 Å². The van der Waals surface area contributed by atoms with E-state index < -0.39 is 5.97 Å². The van der Waals surface area contributed by atoms with E-state index in [4.69, 9.17) is 72.5 Å². The van der Waals surface area contributed by atoms with Crippen molar-refractivity contribution in [2.75, 3.05) is 11.5 Å². The van der Waals surface area contributed by atoms with Crippen molar-refractivity contribution < 1.29 is 19.4 Å². The topological polar surface area (TPSA) is 134 Å². The molecule has 0 amide bonds. The summed E-state index contributed by atoms with van der Waals surface area (Å²) in [6.45, 7) is 2.24. The second-order valence-corrected chi connectivity index (χ2v) is 9.42. The molecule has 5 N–H and O–H groups in total. The minimum Gasteiger partial charge on any atom is -0.485 e. The highest BCUT2D eigenvalue weighted by molar-refractivity contribution is 6.36. The first-order valence-electron chi connectivity index (χ1n) is 10.9. The molecular weight excluding hydrogens is 598 g/mol. The van der Waals surface area contributed by atoms with Gasteiger partial charge in [0.25, 0.3) is 0 Å². The highest BCUT2D eigenvalue weighted by Crippen LogP contribution is 2.29. The van der Waals surface area contributed by atoms with Gasteiger partial charge in [-0.2, -0.15) is 0 Å². The number of aromatic nitrogens is 2. The van der Waals surface area contributed by atoms with Crippen LogP contribution in [-0.2, 0) is 13.2 Å². The summed E-state index contributed by atoms with van der Waals surface area (Å²) in [6, 6.07) is 13.5. The van der Waals surface area contributed by atoms with Crippen molar-refractivity contribution in [2.24, 2.45) is 0 Å². The van der Waals surface area contributed by atoms with Gasteiger partial charge in [-0.25, -0.2) is 14.8 Å².